The molecule has 110 valence electrons. The molecule has 4 heteroatoms. The van der Waals surface area contributed by atoms with E-state index in [2.05, 4.69) is 22.0 Å². The van der Waals surface area contributed by atoms with Crippen molar-refractivity contribution >= 4 is 5.82 Å². The number of anilines is 1. The van der Waals surface area contributed by atoms with Crippen LogP contribution in [0.15, 0.2) is 42.6 Å². The summed E-state index contributed by atoms with van der Waals surface area (Å²) in [7, 11) is 0. The molecule has 3 N–H and O–H groups in total. The Morgan fingerprint density at radius 3 is 2.29 bits per heavy atom. The molecule has 1 fully saturated rings. The van der Waals surface area contributed by atoms with E-state index >= 15 is 0 Å². The Labute approximate surface area is 125 Å². The second kappa shape index (κ2) is 6.24. The van der Waals surface area contributed by atoms with Crippen molar-refractivity contribution in [2.24, 2.45) is 5.73 Å². The van der Waals surface area contributed by atoms with Crippen molar-refractivity contribution in [3.05, 3.63) is 48.2 Å². The topological polar surface area (TPSA) is 62.4 Å². The number of aliphatic hydroxyl groups excluding tert-OH is 1. The van der Waals surface area contributed by atoms with Crippen LogP contribution in [0.4, 0.5) is 5.82 Å². The van der Waals surface area contributed by atoms with Crippen LogP contribution in [0, 0.1) is 0 Å². The van der Waals surface area contributed by atoms with E-state index in [0.29, 0.717) is 0 Å². The fourth-order valence-corrected chi connectivity index (χ4v) is 2.72. The molecule has 1 atom stereocenters. The molecule has 2 heterocycles. The molecule has 0 spiro atoms. The van der Waals surface area contributed by atoms with Gasteiger partial charge in [-0.1, -0.05) is 24.3 Å². The van der Waals surface area contributed by atoms with Gasteiger partial charge >= 0.3 is 0 Å². The second-order valence-electron chi connectivity index (χ2n) is 5.51. The summed E-state index contributed by atoms with van der Waals surface area (Å²) in [6.07, 6.45) is 4.45. The number of nitrogens with zero attached hydrogens (tertiary/aromatic N) is 2. The summed E-state index contributed by atoms with van der Waals surface area (Å²) in [6.45, 7) is 2.19. The maximum atomic E-state index is 9.07. The van der Waals surface area contributed by atoms with E-state index in [-0.39, 0.29) is 12.6 Å². The fourth-order valence-electron chi connectivity index (χ4n) is 2.72. The van der Waals surface area contributed by atoms with E-state index in [9.17, 15) is 0 Å². The van der Waals surface area contributed by atoms with Crippen LogP contribution in [0.1, 0.15) is 24.4 Å². The zero-order chi connectivity index (χ0) is 14.7. The third-order valence-corrected chi connectivity index (χ3v) is 4.05. The van der Waals surface area contributed by atoms with Crippen LogP contribution in [-0.2, 0) is 0 Å². The maximum absolute atomic E-state index is 9.07. The lowest BCUT2D eigenvalue weighted by atomic mass is 10.0. The number of hydrogen-bond acceptors (Lipinski definition) is 4. The fraction of sp³-hybridized carbons (Fsp3) is 0.353. The van der Waals surface area contributed by atoms with Crippen LogP contribution in [-0.4, -0.2) is 29.8 Å². The van der Waals surface area contributed by atoms with Crippen LogP contribution < -0.4 is 10.6 Å². The third kappa shape index (κ3) is 3.06. The lowest BCUT2D eigenvalue weighted by molar-refractivity contribution is 0.268. The van der Waals surface area contributed by atoms with Gasteiger partial charge in [0.2, 0.25) is 0 Å². The van der Waals surface area contributed by atoms with Gasteiger partial charge in [0, 0.05) is 24.8 Å². The van der Waals surface area contributed by atoms with Crippen molar-refractivity contribution in [1.82, 2.24) is 4.98 Å². The van der Waals surface area contributed by atoms with Gasteiger partial charge in [-0.25, -0.2) is 4.98 Å². The highest BCUT2D eigenvalue weighted by atomic mass is 16.3. The zero-order valence-electron chi connectivity index (χ0n) is 12.1. The number of nitrogens with two attached hydrogens (primary N) is 1. The van der Waals surface area contributed by atoms with Gasteiger partial charge in [-0.2, -0.15) is 0 Å². The van der Waals surface area contributed by atoms with Crippen molar-refractivity contribution in [3.63, 3.8) is 0 Å². The van der Waals surface area contributed by atoms with Gasteiger partial charge in [0.25, 0.3) is 0 Å². The summed E-state index contributed by atoms with van der Waals surface area (Å²) >= 11 is 0. The maximum Gasteiger partial charge on any atom is 0.128 e. The van der Waals surface area contributed by atoms with Gasteiger partial charge in [-0.05, 0) is 36.1 Å². The highest BCUT2D eigenvalue weighted by Crippen LogP contribution is 2.24. The Hall–Kier alpha value is -1.91. The van der Waals surface area contributed by atoms with Crippen molar-refractivity contribution in [1.29, 1.82) is 0 Å². The van der Waals surface area contributed by atoms with Gasteiger partial charge in [0.05, 0.1) is 12.6 Å². The van der Waals surface area contributed by atoms with Crippen LogP contribution in [0.2, 0.25) is 0 Å². The molecular weight excluding hydrogens is 262 g/mol. The van der Waals surface area contributed by atoms with Crippen LogP contribution in [0.3, 0.4) is 0 Å². The van der Waals surface area contributed by atoms with E-state index < -0.39 is 0 Å². The van der Waals surface area contributed by atoms with E-state index in [4.69, 9.17) is 10.8 Å². The standard InChI is InChI=1S/C17H21N3O/c18-16(12-21)14-5-3-13(4-6-14)15-7-8-17(19-11-15)20-9-1-2-10-20/h3-8,11,16,21H,1-2,9-10,12,18H2/t16-/m1/s1. The molecule has 1 aliphatic rings. The Morgan fingerprint density at radius 2 is 1.71 bits per heavy atom. The molecule has 2 aromatic rings. The average Bonchev–Trinajstić information content (AvgIpc) is 3.09. The number of pyridine rings is 1. The first kappa shape index (κ1) is 14.0. The zero-order valence-corrected chi connectivity index (χ0v) is 12.1. The highest BCUT2D eigenvalue weighted by Gasteiger charge is 2.13. The van der Waals surface area contributed by atoms with Crippen molar-refractivity contribution < 1.29 is 5.11 Å². The van der Waals surface area contributed by atoms with Gasteiger partial charge in [0.15, 0.2) is 0 Å². The summed E-state index contributed by atoms with van der Waals surface area (Å²) in [4.78, 5) is 6.90. The lowest BCUT2D eigenvalue weighted by Gasteiger charge is -2.16. The molecule has 0 amide bonds. The minimum atomic E-state index is -0.310. The van der Waals surface area contributed by atoms with Gasteiger partial charge < -0.3 is 15.7 Å². The van der Waals surface area contributed by atoms with Gasteiger partial charge in [-0.15, -0.1) is 0 Å². The van der Waals surface area contributed by atoms with Gasteiger partial charge in [-0.3, -0.25) is 0 Å². The molecule has 3 rings (SSSR count). The van der Waals surface area contributed by atoms with Crippen LogP contribution >= 0.6 is 0 Å². The largest absolute Gasteiger partial charge is 0.394 e. The normalized spacial score (nSPS) is 16.2. The summed E-state index contributed by atoms with van der Waals surface area (Å²) in [5.41, 5.74) is 8.97. The summed E-state index contributed by atoms with van der Waals surface area (Å²) in [5, 5.41) is 9.07. The predicted molar refractivity (Wildman–Crippen MR) is 85.1 cm³/mol. The first-order chi connectivity index (χ1) is 10.3. The minimum absolute atomic E-state index is 0.0363. The Balaban J connectivity index is 1.77. The molecule has 4 nitrogen and oxygen atoms in total. The minimum Gasteiger partial charge on any atom is -0.394 e. The molecule has 1 saturated heterocycles. The Bertz CT molecular complexity index is 574. The number of aliphatic hydroxyl groups is 1. The van der Waals surface area contributed by atoms with E-state index in [0.717, 1.165) is 35.6 Å². The molecule has 1 aliphatic heterocycles. The number of aromatic nitrogens is 1. The number of benzene rings is 1. The third-order valence-electron chi connectivity index (χ3n) is 4.05. The van der Waals surface area contributed by atoms with Crippen molar-refractivity contribution in [2.45, 2.75) is 18.9 Å². The summed E-state index contributed by atoms with van der Waals surface area (Å²) in [6, 6.07) is 11.9. The van der Waals surface area contributed by atoms with Crippen LogP contribution in [0.25, 0.3) is 11.1 Å². The molecule has 0 aliphatic carbocycles. The summed E-state index contributed by atoms with van der Waals surface area (Å²) in [5.74, 6) is 1.06. The molecule has 0 radical (unpaired) electrons. The molecule has 21 heavy (non-hydrogen) atoms. The smallest absolute Gasteiger partial charge is 0.128 e. The Morgan fingerprint density at radius 1 is 1.05 bits per heavy atom. The highest BCUT2D eigenvalue weighted by molar-refractivity contribution is 5.64. The van der Waals surface area contributed by atoms with E-state index in [1.54, 1.807) is 0 Å². The molecule has 0 saturated carbocycles. The SMILES string of the molecule is N[C@H](CO)c1ccc(-c2ccc(N3CCCC3)nc2)cc1. The van der Waals surface area contributed by atoms with Crippen molar-refractivity contribution in [2.75, 3.05) is 24.6 Å². The first-order valence-corrected chi connectivity index (χ1v) is 7.46. The quantitative estimate of drug-likeness (QED) is 0.904. The van der Waals surface area contributed by atoms with E-state index in [1.165, 1.54) is 12.8 Å². The number of hydrogen-bond donors (Lipinski definition) is 2. The molecule has 0 unspecified atom stereocenters. The molecule has 0 bridgehead atoms. The number of rotatable bonds is 4. The average molecular weight is 283 g/mol. The predicted octanol–water partition coefficient (Wildman–Crippen LogP) is 2.34. The lowest BCUT2D eigenvalue weighted by Crippen LogP contribution is -2.18. The monoisotopic (exact) mass is 283 g/mol. The summed E-state index contributed by atoms with van der Waals surface area (Å²) < 4.78 is 0. The van der Waals surface area contributed by atoms with E-state index in [1.807, 2.05) is 30.5 Å². The van der Waals surface area contributed by atoms with Gasteiger partial charge in [0.1, 0.15) is 5.82 Å². The molecule has 1 aromatic carbocycles. The van der Waals surface area contributed by atoms with Crippen LogP contribution in [0.5, 0.6) is 0 Å². The Kier molecular flexibility index (Phi) is 4.18. The molecular formula is C17H21N3O. The molecule has 1 aromatic heterocycles. The second-order valence-corrected chi connectivity index (χ2v) is 5.51. The first-order valence-electron chi connectivity index (χ1n) is 7.46. The van der Waals surface area contributed by atoms with Crippen molar-refractivity contribution in [3.8, 4) is 11.1 Å².